The number of methoxy groups -OCH3 is 1. The summed E-state index contributed by atoms with van der Waals surface area (Å²) in [6, 6.07) is 4.67. The summed E-state index contributed by atoms with van der Waals surface area (Å²) in [7, 11) is 1.51. The van der Waals surface area contributed by atoms with Crippen LogP contribution in [0.5, 0.6) is 6.01 Å². The van der Waals surface area contributed by atoms with Crippen molar-refractivity contribution in [2.75, 3.05) is 30.4 Å². The minimum absolute atomic E-state index is 0.214. The highest BCUT2D eigenvalue weighted by Crippen LogP contribution is 2.30. The van der Waals surface area contributed by atoms with Gasteiger partial charge in [-0.15, -0.1) is 0 Å². The van der Waals surface area contributed by atoms with Crippen molar-refractivity contribution in [3.63, 3.8) is 0 Å². The van der Waals surface area contributed by atoms with Gasteiger partial charge in [-0.2, -0.15) is 4.98 Å². The third-order valence-electron chi connectivity index (χ3n) is 5.05. The van der Waals surface area contributed by atoms with Crippen LogP contribution in [-0.2, 0) is 0 Å². The van der Waals surface area contributed by atoms with Gasteiger partial charge in [0.05, 0.1) is 36.3 Å². The molecular weight excluding hydrogens is 382 g/mol. The molecule has 1 amide bonds. The van der Waals surface area contributed by atoms with E-state index in [0.29, 0.717) is 29.0 Å². The molecule has 2 aromatic heterocycles. The molecule has 0 saturated carbocycles. The monoisotopic (exact) mass is 407 g/mol. The van der Waals surface area contributed by atoms with Gasteiger partial charge in [-0.25, -0.2) is 9.97 Å². The Hall–Kier alpha value is -3.33. The van der Waals surface area contributed by atoms with Gasteiger partial charge in [-0.1, -0.05) is 0 Å². The van der Waals surface area contributed by atoms with Crippen molar-refractivity contribution >= 4 is 28.3 Å². The number of carbonyl (C=O) groups excluding carboxylic acids is 1. The predicted octanol–water partition coefficient (Wildman–Crippen LogP) is 2.18. The van der Waals surface area contributed by atoms with E-state index in [1.165, 1.54) is 13.3 Å². The Balaban J connectivity index is 1.75. The largest absolute Gasteiger partial charge is 0.467 e. The van der Waals surface area contributed by atoms with Crippen LogP contribution in [0.1, 0.15) is 29.9 Å². The molecule has 9 nitrogen and oxygen atoms in total. The fourth-order valence-corrected chi connectivity index (χ4v) is 3.81. The lowest BCUT2D eigenvalue weighted by atomic mass is 10.0. The number of benzene rings is 1. The number of aromatic nitrogens is 4. The number of aryl methyl sites for hydroxylation is 1. The maximum absolute atomic E-state index is 13.0. The highest BCUT2D eigenvalue weighted by Gasteiger charge is 2.24. The lowest BCUT2D eigenvalue weighted by Gasteiger charge is -2.38. The van der Waals surface area contributed by atoms with Crippen molar-refractivity contribution < 1.29 is 9.53 Å². The Kier molecular flexibility index (Phi) is 5.45. The number of nitrogens with zero attached hydrogens (tertiary/aromatic N) is 5. The summed E-state index contributed by atoms with van der Waals surface area (Å²) >= 11 is 0. The van der Waals surface area contributed by atoms with Crippen molar-refractivity contribution in [2.24, 2.45) is 0 Å². The number of rotatable bonds is 4. The zero-order valence-electron chi connectivity index (χ0n) is 17.5. The van der Waals surface area contributed by atoms with Gasteiger partial charge in [0.1, 0.15) is 0 Å². The van der Waals surface area contributed by atoms with Crippen molar-refractivity contribution in [3.8, 4) is 6.01 Å². The fourth-order valence-electron chi connectivity index (χ4n) is 3.81. The highest BCUT2D eigenvalue weighted by atomic mass is 16.5. The summed E-state index contributed by atoms with van der Waals surface area (Å²) in [5.74, 6) is 0.0705. The van der Waals surface area contributed by atoms with Crippen LogP contribution in [0.4, 0.5) is 11.5 Å². The number of ether oxygens (including phenoxy) is 1. The zero-order valence-corrected chi connectivity index (χ0v) is 17.5. The third kappa shape index (κ3) is 4.02. The number of carbonyl (C=O) groups is 1. The summed E-state index contributed by atoms with van der Waals surface area (Å²) in [6.45, 7) is 7.88. The second kappa shape index (κ2) is 8.19. The van der Waals surface area contributed by atoms with Crippen LogP contribution in [0.15, 0.2) is 30.7 Å². The van der Waals surface area contributed by atoms with E-state index in [2.05, 4.69) is 49.3 Å². The molecule has 0 spiro atoms. The average Bonchev–Trinajstić information content (AvgIpc) is 2.73. The molecule has 3 aromatic rings. The van der Waals surface area contributed by atoms with Crippen LogP contribution in [0.25, 0.3) is 10.9 Å². The summed E-state index contributed by atoms with van der Waals surface area (Å²) in [4.78, 5) is 32.4. The molecule has 1 saturated heterocycles. The molecule has 1 aromatic carbocycles. The Morgan fingerprint density at radius 3 is 2.57 bits per heavy atom. The number of fused-ring (bicyclic) bond motifs is 1. The smallest absolute Gasteiger partial charge is 0.316 e. The first-order valence-corrected chi connectivity index (χ1v) is 9.89. The number of anilines is 2. The van der Waals surface area contributed by atoms with Gasteiger partial charge in [-0.3, -0.25) is 9.78 Å². The average molecular weight is 407 g/mol. The van der Waals surface area contributed by atoms with Crippen molar-refractivity contribution in [3.05, 3.63) is 42.0 Å². The van der Waals surface area contributed by atoms with Crippen LogP contribution < -0.4 is 20.3 Å². The molecule has 1 aliphatic heterocycles. The van der Waals surface area contributed by atoms with Gasteiger partial charge in [0.25, 0.3) is 5.91 Å². The number of piperazine rings is 1. The normalized spacial score (nSPS) is 19.0. The molecule has 156 valence electrons. The van der Waals surface area contributed by atoms with E-state index in [-0.39, 0.29) is 11.9 Å². The molecule has 30 heavy (non-hydrogen) atoms. The molecule has 0 bridgehead atoms. The minimum Gasteiger partial charge on any atom is -0.467 e. The van der Waals surface area contributed by atoms with Gasteiger partial charge in [-0.05, 0) is 32.9 Å². The van der Waals surface area contributed by atoms with Crippen LogP contribution >= 0.6 is 0 Å². The Morgan fingerprint density at radius 1 is 1.13 bits per heavy atom. The molecule has 1 aliphatic rings. The molecule has 2 atom stereocenters. The number of amides is 1. The van der Waals surface area contributed by atoms with Gasteiger partial charge >= 0.3 is 6.01 Å². The maximum atomic E-state index is 13.0. The summed E-state index contributed by atoms with van der Waals surface area (Å²) in [5, 5.41) is 7.13. The summed E-state index contributed by atoms with van der Waals surface area (Å²) < 4.78 is 5.21. The fraction of sp³-hybridized carbons (Fsp3) is 0.381. The topological polar surface area (TPSA) is 105 Å². The van der Waals surface area contributed by atoms with E-state index in [9.17, 15) is 4.79 Å². The Bertz CT molecular complexity index is 1060. The SMILES string of the molecule is COc1ncc2c(N3C[C@@H](C)N[C@H](C)C3)ccc(C(=O)Nc3cnc(C)cn3)c2n1. The van der Waals surface area contributed by atoms with Crippen molar-refractivity contribution in [2.45, 2.75) is 32.9 Å². The molecule has 4 rings (SSSR count). The quantitative estimate of drug-likeness (QED) is 0.678. The van der Waals surface area contributed by atoms with Crippen LogP contribution in [0, 0.1) is 6.92 Å². The molecule has 3 heterocycles. The van der Waals surface area contributed by atoms with Gasteiger partial charge in [0.15, 0.2) is 5.82 Å². The number of nitrogens with one attached hydrogen (secondary N) is 2. The van der Waals surface area contributed by atoms with E-state index in [1.54, 1.807) is 18.5 Å². The Labute approximate surface area is 174 Å². The molecule has 0 radical (unpaired) electrons. The Morgan fingerprint density at radius 2 is 1.90 bits per heavy atom. The van der Waals surface area contributed by atoms with Crippen LogP contribution in [-0.4, -0.2) is 58.1 Å². The molecule has 1 fully saturated rings. The van der Waals surface area contributed by atoms with Gasteiger partial charge in [0, 0.05) is 42.4 Å². The zero-order chi connectivity index (χ0) is 21.3. The highest BCUT2D eigenvalue weighted by molar-refractivity contribution is 6.13. The molecule has 0 aliphatic carbocycles. The summed E-state index contributed by atoms with van der Waals surface area (Å²) in [5.41, 5.74) is 2.74. The van der Waals surface area contributed by atoms with Crippen molar-refractivity contribution in [1.82, 2.24) is 25.3 Å². The minimum atomic E-state index is -0.312. The van der Waals surface area contributed by atoms with Crippen LogP contribution in [0.2, 0.25) is 0 Å². The maximum Gasteiger partial charge on any atom is 0.316 e. The first-order valence-electron chi connectivity index (χ1n) is 9.89. The lowest BCUT2D eigenvalue weighted by Crippen LogP contribution is -2.54. The first-order chi connectivity index (χ1) is 14.4. The van der Waals surface area contributed by atoms with E-state index < -0.39 is 0 Å². The van der Waals surface area contributed by atoms with E-state index >= 15 is 0 Å². The predicted molar refractivity (Wildman–Crippen MR) is 115 cm³/mol. The van der Waals surface area contributed by atoms with Gasteiger partial charge < -0.3 is 20.3 Å². The molecule has 9 heteroatoms. The van der Waals surface area contributed by atoms with E-state index in [4.69, 9.17) is 4.74 Å². The second-order valence-electron chi connectivity index (χ2n) is 7.62. The van der Waals surface area contributed by atoms with E-state index in [1.807, 2.05) is 13.0 Å². The van der Waals surface area contributed by atoms with E-state index in [0.717, 1.165) is 29.9 Å². The molecule has 0 unspecified atom stereocenters. The van der Waals surface area contributed by atoms with Crippen LogP contribution in [0.3, 0.4) is 0 Å². The standard InChI is InChI=1S/C21H25N7O2/c1-12-7-23-18(9-22-12)26-20(29)15-5-6-17(28-10-13(2)25-14(3)11-28)16-8-24-21(30-4)27-19(15)16/h5-9,13-14,25H,10-11H2,1-4H3,(H,23,26,29)/t13-,14-/m1/s1. The van der Waals surface area contributed by atoms with Gasteiger partial charge in [0.2, 0.25) is 0 Å². The summed E-state index contributed by atoms with van der Waals surface area (Å²) in [6.07, 6.45) is 4.86. The second-order valence-corrected chi connectivity index (χ2v) is 7.62. The molecule has 2 N–H and O–H groups in total. The first kappa shape index (κ1) is 20.0. The molecular formula is C21H25N7O2. The lowest BCUT2D eigenvalue weighted by molar-refractivity contribution is 0.102. The number of hydrogen-bond acceptors (Lipinski definition) is 8. The third-order valence-corrected chi connectivity index (χ3v) is 5.05. The number of hydrogen-bond donors (Lipinski definition) is 2. The van der Waals surface area contributed by atoms with Crippen molar-refractivity contribution in [1.29, 1.82) is 0 Å².